The Bertz CT molecular complexity index is 539. The Morgan fingerprint density at radius 1 is 1.42 bits per heavy atom. The SMILES string of the molecule is Cc1nn(C)c(Cl)c1CC(O)CCc1ccccn1. The smallest absolute Gasteiger partial charge is 0.130 e. The number of rotatable bonds is 5. The lowest BCUT2D eigenvalue weighted by Crippen LogP contribution is -2.12. The molecule has 1 N–H and O–H groups in total. The Morgan fingerprint density at radius 3 is 2.79 bits per heavy atom. The summed E-state index contributed by atoms with van der Waals surface area (Å²) in [6, 6.07) is 5.81. The van der Waals surface area contributed by atoms with Crippen molar-refractivity contribution < 1.29 is 5.11 Å². The van der Waals surface area contributed by atoms with E-state index in [1.807, 2.05) is 25.1 Å². The van der Waals surface area contributed by atoms with E-state index in [1.54, 1.807) is 17.9 Å². The summed E-state index contributed by atoms with van der Waals surface area (Å²) in [5.74, 6) is 0. The minimum atomic E-state index is -0.428. The number of halogens is 1. The first kappa shape index (κ1) is 14.0. The minimum absolute atomic E-state index is 0.428. The summed E-state index contributed by atoms with van der Waals surface area (Å²) in [5.41, 5.74) is 2.80. The van der Waals surface area contributed by atoms with E-state index >= 15 is 0 Å². The zero-order valence-electron chi connectivity index (χ0n) is 11.2. The molecule has 0 bridgehead atoms. The molecule has 0 fully saturated rings. The van der Waals surface area contributed by atoms with Crippen LogP contribution < -0.4 is 0 Å². The van der Waals surface area contributed by atoms with Gasteiger partial charge in [-0.2, -0.15) is 5.10 Å². The van der Waals surface area contributed by atoms with E-state index in [4.69, 9.17) is 11.6 Å². The van der Waals surface area contributed by atoms with Gasteiger partial charge in [0.15, 0.2) is 0 Å². The fourth-order valence-electron chi connectivity index (χ4n) is 2.10. The molecule has 1 atom stereocenters. The third kappa shape index (κ3) is 3.55. The Balaban J connectivity index is 1.92. The first-order valence-corrected chi connectivity index (χ1v) is 6.71. The van der Waals surface area contributed by atoms with Crippen LogP contribution in [0.5, 0.6) is 0 Å². The van der Waals surface area contributed by atoms with Crippen LogP contribution in [-0.2, 0) is 19.9 Å². The van der Waals surface area contributed by atoms with Crippen LogP contribution >= 0.6 is 11.6 Å². The van der Waals surface area contributed by atoms with Crippen LogP contribution in [0, 0.1) is 6.92 Å². The van der Waals surface area contributed by atoms with Crippen LogP contribution in [0.3, 0.4) is 0 Å². The molecule has 0 saturated heterocycles. The molecule has 0 aliphatic carbocycles. The van der Waals surface area contributed by atoms with Gasteiger partial charge in [0.05, 0.1) is 11.8 Å². The third-order valence-electron chi connectivity index (χ3n) is 3.17. The maximum atomic E-state index is 10.1. The molecule has 2 rings (SSSR count). The zero-order chi connectivity index (χ0) is 13.8. The quantitative estimate of drug-likeness (QED) is 0.914. The van der Waals surface area contributed by atoms with Crippen molar-refractivity contribution in [2.45, 2.75) is 32.3 Å². The topological polar surface area (TPSA) is 50.9 Å². The van der Waals surface area contributed by atoms with E-state index in [2.05, 4.69) is 10.1 Å². The Morgan fingerprint density at radius 2 is 2.21 bits per heavy atom. The summed E-state index contributed by atoms with van der Waals surface area (Å²) in [7, 11) is 1.80. The van der Waals surface area contributed by atoms with Gasteiger partial charge in [0.1, 0.15) is 5.15 Å². The number of hydrogen-bond donors (Lipinski definition) is 1. The predicted molar refractivity (Wildman–Crippen MR) is 75.2 cm³/mol. The highest BCUT2D eigenvalue weighted by Gasteiger charge is 2.15. The van der Waals surface area contributed by atoms with Crippen LogP contribution in [0.15, 0.2) is 24.4 Å². The molecule has 0 spiro atoms. The van der Waals surface area contributed by atoms with E-state index < -0.39 is 6.10 Å². The Labute approximate surface area is 118 Å². The zero-order valence-corrected chi connectivity index (χ0v) is 11.9. The second-order valence-corrected chi connectivity index (χ2v) is 5.05. The fourth-order valence-corrected chi connectivity index (χ4v) is 2.36. The lowest BCUT2D eigenvalue weighted by molar-refractivity contribution is 0.164. The van der Waals surface area contributed by atoms with E-state index in [0.717, 1.165) is 23.4 Å². The molecule has 2 aromatic heterocycles. The number of nitrogens with zero attached hydrogens (tertiary/aromatic N) is 3. The molecule has 2 heterocycles. The van der Waals surface area contributed by atoms with Gasteiger partial charge in [0.2, 0.25) is 0 Å². The van der Waals surface area contributed by atoms with Crippen LogP contribution in [0.1, 0.15) is 23.4 Å². The maximum Gasteiger partial charge on any atom is 0.130 e. The van der Waals surface area contributed by atoms with Crippen molar-refractivity contribution in [2.75, 3.05) is 0 Å². The number of aryl methyl sites for hydroxylation is 3. The molecule has 0 aliphatic rings. The van der Waals surface area contributed by atoms with Crippen molar-refractivity contribution in [3.8, 4) is 0 Å². The lowest BCUT2D eigenvalue weighted by Gasteiger charge is -2.10. The van der Waals surface area contributed by atoms with Crippen molar-refractivity contribution in [3.63, 3.8) is 0 Å². The van der Waals surface area contributed by atoms with E-state index in [1.165, 1.54) is 0 Å². The molecule has 0 aliphatic heterocycles. The van der Waals surface area contributed by atoms with Gasteiger partial charge in [-0.15, -0.1) is 0 Å². The predicted octanol–water partition coefficient (Wildman–Crippen LogP) is 2.31. The second kappa shape index (κ2) is 6.17. The Hall–Kier alpha value is -1.39. The largest absolute Gasteiger partial charge is 0.393 e. The molecule has 0 aromatic carbocycles. The highest BCUT2D eigenvalue weighted by atomic mass is 35.5. The summed E-state index contributed by atoms with van der Waals surface area (Å²) >= 11 is 6.15. The standard InChI is InChI=1S/C14H18ClN3O/c1-10-13(14(15)18(2)17-10)9-12(19)7-6-11-5-3-4-8-16-11/h3-5,8,12,19H,6-7,9H2,1-2H3. The van der Waals surface area contributed by atoms with Gasteiger partial charge in [-0.25, -0.2) is 0 Å². The van der Waals surface area contributed by atoms with E-state index in [-0.39, 0.29) is 0 Å². The van der Waals surface area contributed by atoms with Gasteiger partial charge in [-0.05, 0) is 31.9 Å². The molecular weight excluding hydrogens is 262 g/mol. The van der Waals surface area contributed by atoms with Crippen LogP contribution in [0.2, 0.25) is 5.15 Å². The van der Waals surface area contributed by atoms with Gasteiger partial charge in [0, 0.05) is 30.9 Å². The number of pyridine rings is 1. The summed E-state index contributed by atoms with van der Waals surface area (Å²) in [5, 5.41) is 14.9. The van der Waals surface area contributed by atoms with E-state index in [9.17, 15) is 5.11 Å². The van der Waals surface area contributed by atoms with Crippen molar-refractivity contribution >= 4 is 11.6 Å². The first-order valence-electron chi connectivity index (χ1n) is 6.34. The summed E-state index contributed by atoms with van der Waals surface area (Å²) in [6.45, 7) is 1.91. The molecular formula is C14H18ClN3O. The van der Waals surface area contributed by atoms with Gasteiger partial charge in [0.25, 0.3) is 0 Å². The number of aliphatic hydroxyl groups is 1. The first-order chi connectivity index (χ1) is 9.08. The average molecular weight is 280 g/mol. The lowest BCUT2D eigenvalue weighted by atomic mass is 10.0. The number of aromatic nitrogens is 3. The molecule has 0 radical (unpaired) electrons. The van der Waals surface area contributed by atoms with Gasteiger partial charge in [-0.3, -0.25) is 9.67 Å². The molecule has 19 heavy (non-hydrogen) atoms. The number of hydrogen-bond acceptors (Lipinski definition) is 3. The average Bonchev–Trinajstić information content (AvgIpc) is 2.64. The van der Waals surface area contributed by atoms with Gasteiger partial charge < -0.3 is 5.11 Å². The van der Waals surface area contributed by atoms with Gasteiger partial charge in [-0.1, -0.05) is 17.7 Å². The van der Waals surface area contributed by atoms with Crippen LogP contribution in [0.4, 0.5) is 0 Å². The molecule has 4 nitrogen and oxygen atoms in total. The van der Waals surface area contributed by atoms with Crippen molar-refractivity contribution in [1.29, 1.82) is 0 Å². The molecule has 0 saturated carbocycles. The highest BCUT2D eigenvalue weighted by molar-refractivity contribution is 6.30. The van der Waals surface area contributed by atoms with E-state index in [0.29, 0.717) is 18.0 Å². The molecule has 5 heteroatoms. The Kier molecular flexibility index (Phi) is 4.56. The third-order valence-corrected chi connectivity index (χ3v) is 3.64. The normalized spacial score (nSPS) is 12.6. The molecule has 102 valence electrons. The van der Waals surface area contributed by atoms with Crippen molar-refractivity contribution in [3.05, 3.63) is 46.5 Å². The van der Waals surface area contributed by atoms with Crippen molar-refractivity contribution in [2.24, 2.45) is 7.05 Å². The van der Waals surface area contributed by atoms with Crippen molar-refractivity contribution in [1.82, 2.24) is 14.8 Å². The van der Waals surface area contributed by atoms with Crippen LogP contribution in [0.25, 0.3) is 0 Å². The minimum Gasteiger partial charge on any atom is -0.393 e. The van der Waals surface area contributed by atoms with Gasteiger partial charge >= 0.3 is 0 Å². The number of aliphatic hydroxyl groups excluding tert-OH is 1. The monoisotopic (exact) mass is 279 g/mol. The highest BCUT2D eigenvalue weighted by Crippen LogP contribution is 2.21. The molecule has 2 aromatic rings. The fraction of sp³-hybridized carbons (Fsp3) is 0.429. The van der Waals surface area contributed by atoms with Crippen LogP contribution in [-0.4, -0.2) is 26.0 Å². The summed E-state index contributed by atoms with van der Waals surface area (Å²) < 4.78 is 1.64. The molecule has 0 amide bonds. The summed E-state index contributed by atoms with van der Waals surface area (Å²) in [6.07, 6.45) is 3.30. The maximum absolute atomic E-state index is 10.1. The second-order valence-electron chi connectivity index (χ2n) is 4.70. The summed E-state index contributed by atoms with van der Waals surface area (Å²) in [4.78, 5) is 4.24. The molecule has 1 unspecified atom stereocenters.